The van der Waals surface area contributed by atoms with Gasteiger partial charge in [0.1, 0.15) is 5.01 Å². The van der Waals surface area contributed by atoms with E-state index in [9.17, 15) is 0 Å². The molecule has 2 nitrogen and oxygen atoms in total. The summed E-state index contributed by atoms with van der Waals surface area (Å²) in [5, 5.41) is 4.82. The van der Waals surface area contributed by atoms with Crippen LogP contribution in [0.25, 0.3) is 10.2 Å². The predicted molar refractivity (Wildman–Crippen MR) is 90.6 cm³/mol. The second-order valence-corrected chi connectivity index (χ2v) is 6.32. The molecule has 108 valence electrons. The molecule has 0 spiro atoms. The normalized spacial score (nSPS) is 12.6. The van der Waals surface area contributed by atoms with Crippen molar-refractivity contribution in [3.63, 3.8) is 0 Å². The summed E-state index contributed by atoms with van der Waals surface area (Å²) in [5.41, 5.74) is 2.46. The van der Waals surface area contributed by atoms with Gasteiger partial charge in [-0.2, -0.15) is 0 Å². The highest BCUT2D eigenvalue weighted by atomic mass is 32.1. The van der Waals surface area contributed by atoms with E-state index < -0.39 is 0 Å². The monoisotopic (exact) mass is 296 g/mol. The van der Waals surface area contributed by atoms with Gasteiger partial charge in [-0.05, 0) is 24.1 Å². The molecule has 0 radical (unpaired) electrons. The molecule has 0 saturated heterocycles. The number of nitrogens with zero attached hydrogens (tertiary/aromatic N) is 1. The van der Waals surface area contributed by atoms with E-state index in [-0.39, 0.29) is 0 Å². The average Bonchev–Trinajstić information content (AvgIpc) is 2.95. The van der Waals surface area contributed by atoms with Crippen molar-refractivity contribution in [3.8, 4) is 0 Å². The van der Waals surface area contributed by atoms with Crippen molar-refractivity contribution < 1.29 is 0 Å². The van der Waals surface area contributed by atoms with Gasteiger partial charge < -0.3 is 5.32 Å². The molecule has 3 heteroatoms. The van der Waals surface area contributed by atoms with Crippen LogP contribution in [0.3, 0.4) is 0 Å². The van der Waals surface area contributed by atoms with Crippen molar-refractivity contribution in [1.82, 2.24) is 10.3 Å². The third-order valence-electron chi connectivity index (χ3n) is 3.62. The summed E-state index contributed by atoms with van der Waals surface area (Å²) in [4.78, 5) is 4.69. The molecule has 3 rings (SSSR count). The molecular weight excluding hydrogens is 276 g/mol. The highest BCUT2D eigenvalue weighted by Crippen LogP contribution is 2.23. The zero-order valence-corrected chi connectivity index (χ0v) is 13.1. The van der Waals surface area contributed by atoms with Crippen LogP contribution >= 0.6 is 11.3 Å². The Labute approximate surface area is 129 Å². The largest absolute Gasteiger partial charge is 0.304 e. The van der Waals surface area contributed by atoms with Crippen LogP contribution in [-0.4, -0.2) is 4.98 Å². The minimum atomic E-state index is 0.406. The van der Waals surface area contributed by atoms with Gasteiger partial charge in [0, 0.05) is 12.6 Å². The van der Waals surface area contributed by atoms with Crippen LogP contribution in [0.15, 0.2) is 54.6 Å². The number of fused-ring (bicyclic) bond motifs is 1. The molecule has 2 aromatic carbocycles. The number of aromatic nitrogens is 1. The van der Waals surface area contributed by atoms with Gasteiger partial charge in [-0.15, -0.1) is 11.3 Å². The molecular formula is C18H20N2S. The lowest BCUT2D eigenvalue weighted by molar-refractivity contribution is 0.493. The summed E-state index contributed by atoms with van der Waals surface area (Å²) in [7, 11) is 0. The van der Waals surface area contributed by atoms with Crippen molar-refractivity contribution in [2.24, 2.45) is 0 Å². The maximum Gasteiger partial charge on any atom is 0.108 e. The van der Waals surface area contributed by atoms with E-state index >= 15 is 0 Å². The molecule has 1 aromatic heterocycles. The SMILES string of the molecule is CCCC(NCc1nc2ccccc2s1)c1ccccc1. The number of thiazole rings is 1. The van der Waals surface area contributed by atoms with E-state index in [1.807, 2.05) is 6.07 Å². The van der Waals surface area contributed by atoms with E-state index in [0.717, 1.165) is 23.5 Å². The van der Waals surface area contributed by atoms with Crippen LogP contribution in [0, 0.1) is 0 Å². The van der Waals surface area contributed by atoms with Gasteiger partial charge in [0.05, 0.1) is 10.2 Å². The fraction of sp³-hybridized carbons (Fsp3) is 0.278. The highest BCUT2D eigenvalue weighted by Gasteiger charge is 2.11. The van der Waals surface area contributed by atoms with Gasteiger partial charge in [-0.3, -0.25) is 0 Å². The third kappa shape index (κ3) is 3.49. The van der Waals surface area contributed by atoms with E-state index in [0.29, 0.717) is 6.04 Å². The molecule has 1 atom stereocenters. The Kier molecular flexibility index (Phi) is 4.63. The lowest BCUT2D eigenvalue weighted by atomic mass is 10.0. The molecule has 1 N–H and O–H groups in total. The van der Waals surface area contributed by atoms with Crippen molar-refractivity contribution >= 4 is 21.6 Å². The maximum atomic E-state index is 4.69. The topological polar surface area (TPSA) is 24.9 Å². The number of rotatable bonds is 6. The van der Waals surface area contributed by atoms with E-state index in [1.54, 1.807) is 11.3 Å². The van der Waals surface area contributed by atoms with Crippen molar-refractivity contribution in [2.75, 3.05) is 0 Å². The van der Waals surface area contributed by atoms with Crippen LogP contribution < -0.4 is 5.32 Å². The van der Waals surface area contributed by atoms with Crippen LogP contribution in [-0.2, 0) is 6.54 Å². The van der Waals surface area contributed by atoms with Gasteiger partial charge >= 0.3 is 0 Å². The second kappa shape index (κ2) is 6.83. The number of hydrogen-bond donors (Lipinski definition) is 1. The minimum absolute atomic E-state index is 0.406. The van der Waals surface area contributed by atoms with E-state index in [4.69, 9.17) is 4.98 Å². The van der Waals surface area contributed by atoms with E-state index in [2.05, 4.69) is 60.8 Å². The van der Waals surface area contributed by atoms with Crippen LogP contribution in [0.1, 0.15) is 36.4 Å². The first kappa shape index (κ1) is 14.2. The molecule has 0 aliphatic heterocycles. The smallest absolute Gasteiger partial charge is 0.108 e. The third-order valence-corrected chi connectivity index (χ3v) is 4.65. The summed E-state index contributed by atoms with van der Waals surface area (Å²) in [5.74, 6) is 0. The lowest BCUT2D eigenvalue weighted by Crippen LogP contribution is -2.20. The maximum absolute atomic E-state index is 4.69. The Morgan fingerprint density at radius 2 is 1.81 bits per heavy atom. The second-order valence-electron chi connectivity index (χ2n) is 5.21. The van der Waals surface area contributed by atoms with Crippen molar-refractivity contribution in [3.05, 3.63) is 65.2 Å². The Morgan fingerprint density at radius 3 is 2.57 bits per heavy atom. The average molecular weight is 296 g/mol. The first-order valence-corrected chi connectivity index (χ1v) is 8.31. The fourth-order valence-corrected chi connectivity index (χ4v) is 3.48. The molecule has 0 amide bonds. The molecule has 1 heterocycles. The molecule has 0 saturated carbocycles. The van der Waals surface area contributed by atoms with Crippen molar-refractivity contribution in [2.45, 2.75) is 32.4 Å². The molecule has 21 heavy (non-hydrogen) atoms. The van der Waals surface area contributed by atoms with Crippen LogP contribution in [0.4, 0.5) is 0 Å². The Hall–Kier alpha value is -1.71. The Bertz CT molecular complexity index is 658. The van der Waals surface area contributed by atoms with Gasteiger partial charge in [0.2, 0.25) is 0 Å². The number of benzene rings is 2. The number of nitrogens with one attached hydrogen (secondary N) is 1. The van der Waals surface area contributed by atoms with Gasteiger partial charge in [0.15, 0.2) is 0 Å². The van der Waals surface area contributed by atoms with Crippen molar-refractivity contribution in [1.29, 1.82) is 0 Å². The van der Waals surface area contributed by atoms with Crippen LogP contribution in [0.5, 0.6) is 0 Å². The van der Waals surface area contributed by atoms with Gasteiger partial charge in [0.25, 0.3) is 0 Å². The first-order chi connectivity index (χ1) is 10.4. The zero-order chi connectivity index (χ0) is 14.5. The molecule has 3 aromatic rings. The molecule has 0 bridgehead atoms. The Morgan fingerprint density at radius 1 is 1.05 bits per heavy atom. The Balaban J connectivity index is 1.71. The molecule has 0 aliphatic carbocycles. The summed E-state index contributed by atoms with van der Waals surface area (Å²) < 4.78 is 1.26. The number of para-hydroxylation sites is 1. The summed E-state index contributed by atoms with van der Waals surface area (Å²) >= 11 is 1.78. The standard InChI is InChI=1S/C18H20N2S/c1-2-8-15(14-9-4-3-5-10-14)19-13-18-20-16-11-6-7-12-17(16)21-18/h3-7,9-12,15,19H,2,8,13H2,1H3. The summed E-state index contributed by atoms with van der Waals surface area (Å²) in [6, 6.07) is 19.4. The highest BCUT2D eigenvalue weighted by molar-refractivity contribution is 7.18. The molecule has 0 aliphatic rings. The minimum Gasteiger partial charge on any atom is -0.304 e. The number of hydrogen-bond acceptors (Lipinski definition) is 3. The summed E-state index contributed by atoms with van der Waals surface area (Å²) in [6.45, 7) is 3.06. The quantitative estimate of drug-likeness (QED) is 0.698. The molecule has 0 fully saturated rings. The van der Waals surface area contributed by atoms with E-state index in [1.165, 1.54) is 16.7 Å². The summed E-state index contributed by atoms with van der Waals surface area (Å²) in [6.07, 6.45) is 2.32. The predicted octanol–water partition coefficient (Wildman–Crippen LogP) is 4.93. The molecule has 1 unspecified atom stereocenters. The van der Waals surface area contributed by atoms with Crippen LogP contribution in [0.2, 0.25) is 0 Å². The fourth-order valence-electron chi connectivity index (χ4n) is 2.57. The lowest BCUT2D eigenvalue weighted by Gasteiger charge is -2.17. The van der Waals surface area contributed by atoms with Gasteiger partial charge in [-0.1, -0.05) is 55.8 Å². The van der Waals surface area contributed by atoms with Gasteiger partial charge in [-0.25, -0.2) is 4.98 Å². The zero-order valence-electron chi connectivity index (χ0n) is 12.3. The first-order valence-electron chi connectivity index (χ1n) is 7.49.